The van der Waals surface area contributed by atoms with E-state index >= 15 is 0 Å². The average molecular weight is 304 g/mol. The Bertz CT molecular complexity index is 526. The molecule has 8 heteroatoms. The topological polar surface area (TPSA) is 72.2 Å². The summed E-state index contributed by atoms with van der Waals surface area (Å²) in [6, 6.07) is 1.40. The highest BCUT2D eigenvalue weighted by atomic mass is 32.2. The molecule has 0 spiro atoms. The predicted molar refractivity (Wildman–Crippen MR) is 72.9 cm³/mol. The molecule has 0 saturated heterocycles. The summed E-state index contributed by atoms with van der Waals surface area (Å²) in [7, 11) is 0. The van der Waals surface area contributed by atoms with Crippen LogP contribution in [0.3, 0.4) is 0 Å². The van der Waals surface area contributed by atoms with Gasteiger partial charge in [-0.2, -0.15) is 16.2 Å². The predicted octanol–water partition coefficient (Wildman–Crippen LogP) is 2.74. The average Bonchev–Trinajstić information content (AvgIpc) is 2.38. The zero-order valence-electron chi connectivity index (χ0n) is 11.0. The fourth-order valence-electron chi connectivity index (χ4n) is 1.49. The maximum absolute atomic E-state index is 13.7. The van der Waals surface area contributed by atoms with Crippen molar-refractivity contribution < 1.29 is 18.5 Å². The number of nitrogens with one attached hydrogen (secondary N) is 1. The summed E-state index contributed by atoms with van der Waals surface area (Å²) in [5, 5.41) is 13.2. The second-order valence-electron chi connectivity index (χ2n) is 4.10. The zero-order valence-corrected chi connectivity index (χ0v) is 11.8. The number of halogens is 2. The molecule has 0 saturated carbocycles. The van der Waals surface area contributed by atoms with Gasteiger partial charge in [-0.3, -0.25) is 14.9 Å². The van der Waals surface area contributed by atoms with Crippen molar-refractivity contribution in [2.75, 3.05) is 12.8 Å². The van der Waals surface area contributed by atoms with Gasteiger partial charge in [0, 0.05) is 17.9 Å². The van der Waals surface area contributed by atoms with Gasteiger partial charge in [-0.15, -0.1) is 0 Å². The highest BCUT2D eigenvalue weighted by Crippen LogP contribution is 2.23. The lowest BCUT2D eigenvalue weighted by Crippen LogP contribution is -2.28. The largest absolute Gasteiger partial charge is 0.352 e. The maximum Gasteiger partial charge on any atom is 0.305 e. The Morgan fingerprint density at radius 3 is 2.70 bits per heavy atom. The highest BCUT2D eigenvalue weighted by molar-refractivity contribution is 7.99. The number of hydrogen-bond donors (Lipinski definition) is 1. The van der Waals surface area contributed by atoms with Crippen molar-refractivity contribution in [2.24, 2.45) is 0 Å². The van der Waals surface area contributed by atoms with Gasteiger partial charge in [0.2, 0.25) is 5.82 Å². The number of amides is 1. The first-order chi connectivity index (χ1) is 9.38. The summed E-state index contributed by atoms with van der Waals surface area (Å²) in [5.41, 5.74) is -1.84. The molecule has 1 rings (SSSR count). The number of thioether (sulfide) groups is 1. The number of nitro groups is 1. The van der Waals surface area contributed by atoms with E-state index in [4.69, 9.17) is 0 Å². The van der Waals surface area contributed by atoms with E-state index in [1.54, 1.807) is 11.8 Å². The van der Waals surface area contributed by atoms with Crippen molar-refractivity contribution in [3.05, 3.63) is 39.4 Å². The summed E-state index contributed by atoms with van der Waals surface area (Å²) in [4.78, 5) is 21.3. The van der Waals surface area contributed by atoms with E-state index in [2.05, 4.69) is 5.32 Å². The molecular weight excluding hydrogens is 290 g/mol. The third-order valence-electron chi connectivity index (χ3n) is 2.73. The number of carbonyl (C=O) groups excluding carboxylic acids is 1. The summed E-state index contributed by atoms with van der Waals surface area (Å²) >= 11 is 1.60. The Morgan fingerprint density at radius 1 is 1.50 bits per heavy atom. The van der Waals surface area contributed by atoms with Gasteiger partial charge in [0.25, 0.3) is 5.91 Å². The van der Waals surface area contributed by atoms with E-state index in [9.17, 15) is 23.7 Å². The lowest BCUT2D eigenvalue weighted by Gasteiger charge is -2.10. The maximum atomic E-state index is 13.7. The molecule has 1 aromatic carbocycles. The molecule has 1 amide bonds. The van der Waals surface area contributed by atoms with Crippen LogP contribution in [0.25, 0.3) is 0 Å². The van der Waals surface area contributed by atoms with Gasteiger partial charge in [-0.1, -0.05) is 6.92 Å². The minimum Gasteiger partial charge on any atom is -0.352 e. The molecule has 1 N–H and O–H groups in total. The van der Waals surface area contributed by atoms with Gasteiger partial charge in [-0.05, 0) is 18.7 Å². The van der Waals surface area contributed by atoms with Crippen molar-refractivity contribution in [2.45, 2.75) is 18.6 Å². The van der Waals surface area contributed by atoms with Crippen LogP contribution in [0, 0.1) is 21.7 Å². The molecule has 110 valence electrons. The van der Waals surface area contributed by atoms with E-state index in [0.717, 1.165) is 0 Å². The minimum absolute atomic E-state index is 0.239. The molecule has 0 fully saturated rings. The summed E-state index contributed by atoms with van der Waals surface area (Å²) in [6.45, 7) is 2.19. The van der Waals surface area contributed by atoms with Crippen LogP contribution < -0.4 is 5.32 Å². The smallest absolute Gasteiger partial charge is 0.305 e. The van der Waals surface area contributed by atoms with E-state index in [1.165, 1.54) is 0 Å². The van der Waals surface area contributed by atoms with Crippen LogP contribution >= 0.6 is 11.8 Å². The summed E-state index contributed by atoms with van der Waals surface area (Å²) in [6.07, 6.45) is 2.54. The summed E-state index contributed by atoms with van der Waals surface area (Å²) < 4.78 is 27.2. The van der Waals surface area contributed by atoms with E-state index < -0.39 is 33.7 Å². The molecule has 0 radical (unpaired) electrons. The van der Waals surface area contributed by atoms with Crippen LogP contribution in [0.2, 0.25) is 0 Å². The molecule has 0 aliphatic rings. The molecule has 0 aliphatic carbocycles. The fourth-order valence-corrected chi connectivity index (χ4v) is 1.84. The molecular formula is C12H14F2N2O3S. The van der Waals surface area contributed by atoms with Gasteiger partial charge in [0.15, 0.2) is 0 Å². The van der Waals surface area contributed by atoms with Crippen LogP contribution in [0.5, 0.6) is 0 Å². The van der Waals surface area contributed by atoms with Crippen LogP contribution in [-0.2, 0) is 0 Å². The molecule has 1 aromatic rings. The molecule has 20 heavy (non-hydrogen) atoms. The number of benzene rings is 1. The molecule has 0 bridgehead atoms. The fraction of sp³-hybridized carbons (Fsp3) is 0.417. The molecule has 0 aliphatic heterocycles. The molecule has 1 unspecified atom stereocenters. The summed E-state index contributed by atoms with van der Waals surface area (Å²) in [5.74, 6) is -3.56. The number of nitro benzene ring substituents is 1. The van der Waals surface area contributed by atoms with Gasteiger partial charge in [0.05, 0.1) is 4.92 Å². The monoisotopic (exact) mass is 304 g/mol. The van der Waals surface area contributed by atoms with Gasteiger partial charge in [-0.25, -0.2) is 4.39 Å². The van der Waals surface area contributed by atoms with Crippen molar-refractivity contribution >= 4 is 23.4 Å². The Hall–Kier alpha value is -1.70. The van der Waals surface area contributed by atoms with Crippen molar-refractivity contribution in [3.63, 3.8) is 0 Å². The lowest BCUT2D eigenvalue weighted by molar-refractivity contribution is -0.387. The first kappa shape index (κ1) is 16.4. The second kappa shape index (κ2) is 7.18. The standard InChI is InChI=1S/C12H14F2N2O3S/c1-7(20-2)5-6-15-12(17)10-8(13)3-4-9(11(10)14)16(18)19/h3-4,7H,5-6H2,1-2H3,(H,15,17). The van der Waals surface area contributed by atoms with Crippen molar-refractivity contribution in [3.8, 4) is 0 Å². The van der Waals surface area contributed by atoms with Gasteiger partial charge in [0.1, 0.15) is 11.4 Å². The van der Waals surface area contributed by atoms with Crippen molar-refractivity contribution in [1.29, 1.82) is 0 Å². The number of carbonyl (C=O) groups is 1. The lowest BCUT2D eigenvalue weighted by atomic mass is 10.1. The van der Waals surface area contributed by atoms with Crippen LogP contribution in [0.15, 0.2) is 12.1 Å². The van der Waals surface area contributed by atoms with Crippen LogP contribution in [0.4, 0.5) is 14.5 Å². The number of nitrogens with zero attached hydrogens (tertiary/aromatic N) is 1. The quantitative estimate of drug-likeness (QED) is 0.648. The Labute approximate surface area is 118 Å². The van der Waals surface area contributed by atoms with Crippen LogP contribution in [-0.4, -0.2) is 28.9 Å². The Morgan fingerprint density at radius 2 is 2.15 bits per heavy atom. The molecule has 0 aromatic heterocycles. The third-order valence-corrected chi connectivity index (χ3v) is 3.77. The van der Waals surface area contributed by atoms with Crippen LogP contribution in [0.1, 0.15) is 23.7 Å². The van der Waals surface area contributed by atoms with Gasteiger partial charge >= 0.3 is 5.69 Å². The first-order valence-corrected chi connectivity index (χ1v) is 7.10. The molecule has 0 heterocycles. The minimum atomic E-state index is -1.45. The highest BCUT2D eigenvalue weighted by Gasteiger charge is 2.25. The normalized spacial score (nSPS) is 12.0. The Balaban J connectivity index is 2.87. The Kier molecular flexibility index (Phi) is 5.87. The zero-order chi connectivity index (χ0) is 15.3. The van der Waals surface area contributed by atoms with E-state index in [1.807, 2.05) is 13.2 Å². The van der Waals surface area contributed by atoms with E-state index in [-0.39, 0.29) is 11.8 Å². The number of rotatable bonds is 6. The first-order valence-electron chi connectivity index (χ1n) is 5.81. The molecule has 1 atom stereocenters. The van der Waals surface area contributed by atoms with Gasteiger partial charge < -0.3 is 5.32 Å². The SMILES string of the molecule is CSC(C)CCNC(=O)c1c(F)ccc([N+](=O)[O-])c1F. The van der Waals surface area contributed by atoms with E-state index in [0.29, 0.717) is 18.6 Å². The van der Waals surface area contributed by atoms with Crippen molar-refractivity contribution in [1.82, 2.24) is 5.32 Å². The molecule has 5 nitrogen and oxygen atoms in total. The third kappa shape index (κ3) is 3.89. The number of hydrogen-bond acceptors (Lipinski definition) is 4. The second-order valence-corrected chi connectivity index (χ2v) is 5.38.